The normalized spacial score (nSPS) is 14.6. The van der Waals surface area contributed by atoms with Crippen LogP contribution in [0.15, 0.2) is 0 Å². The van der Waals surface area contributed by atoms with E-state index in [1.807, 2.05) is 0 Å². The Bertz CT molecular complexity index is 216. The smallest absolute Gasteiger partial charge is 0.304 e. The predicted octanol–water partition coefficient (Wildman–Crippen LogP) is -0.448. The molecule has 10 heavy (non-hydrogen) atoms. The Hall–Kier alpha value is -0.620. The lowest BCUT2D eigenvalue weighted by Gasteiger charge is -2.01. The number of aliphatic carboxylic acids is 1. The molecule has 0 aromatic carbocycles. The molecule has 59 valence electrons. The van der Waals surface area contributed by atoms with Crippen molar-refractivity contribution >= 4 is 16.1 Å². The maximum Gasteiger partial charge on any atom is 0.304 e. The van der Waals surface area contributed by atoms with Gasteiger partial charge in [0.15, 0.2) is 0 Å². The summed E-state index contributed by atoms with van der Waals surface area (Å²) in [5, 5.41) is 6.55. The molecule has 0 saturated carbocycles. The molecule has 0 aliphatic carbocycles. The Balaban J connectivity index is 4.12. The van der Waals surface area contributed by atoms with Crippen molar-refractivity contribution < 1.29 is 22.9 Å². The first-order valence-corrected chi connectivity index (χ1v) is 3.85. The van der Waals surface area contributed by atoms with Gasteiger partial charge < -0.3 is 5.11 Å². The van der Waals surface area contributed by atoms with E-state index in [9.17, 15) is 13.2 Å². The summed E-state index contributed by atoms with van der Waals surface area (Å²) in [5.41, 5.74) is 0. The molecule has 1 atom stereocenters. The van der Waals surface area contributed by atoms with Crippen LogP contribution in [-0.4, -0.2) is 29.3 Å². The van der Waals surface area contributed by atoms with Gasteiger partial charge in [0.25, 0.3) is 10.1 Å². The average molecular weight is 167 g/mol. The molecule has 0 aliphatic rings. The van der Waals surface area contributed by atoms with Gasteiger partial charge in [0.1, 0.15) is 0 Å². The molecule has 5 nitrogen and oxygen atoms in total. The fourth-order valence-electron chi connectivity index (χ4n) is 0.300. The molecule has 0 rings (SSSR count). The van der Waals surface area contributed by atoms with Crippen LogP contribution in [0.3, 0.4) is 0 Å². The maximum atomic E-state index is 10.1. The van der Waals surface area contributed by atoms with Crippen LogP contribution >= 0.6 is 0 Å². The first-order valence-electron chi connectivity index (χ1n) is 2.35. The van der Waals surface area contributed by atoms with Gasteiger partial charge in [0.2, 0.25) is 0 Å². The summed E-state index contributed by atoms with van der Waals surface area (Å²) in [6, 6.07) is 0. The third-order valence-corrected chi connectivity index (χ3v) is 1.83. The SMILES string of the molecule is [CH2]C(CC(=O)O)S(=O)(=O)O. The zero-order valence-corrected chi connectivity index (χ0v) is 5.84. The van der Waals surface area contributed by atoms with Gasteiger partial charge in [-0.1, -0.05) is 0 Å². The van der Waals surface area contributed by atoms with Crippen molar-refractivity contribution in [2.24, 2.45) is 0 Å². The van der Waals surface area contributed by atoms with Gasteiger partial charge in [0.05, 0.1) is 11.7 Å². The fraction of sp³-hybridized carbons (Fsp3) is 0.500. The second-order valence-electron chi connectivity index (χ2n) is 1.73. The summed E-state index contributed by atoms with van der Waals surface area (Å²) in [5.74, 6) is -1.31. The van der Waals surface area contributed by atoms with Crippen LogP contribution in [0, 0.1) is 6.92 Å². The lowest BCUT2D eigenvalue weighted by Crippen LogP contribution is -2.20. The minimum Gasteiger partial charge on any atom is -0.481 e. The first-order chi connectivity index (χ1) is 4.34. The Kier molecular flexibility index (Phi) is 2.79. The van der Waals surface area contributed by atoms with Crippen molar-refractivity contribution in [1.82, 2.24) is 0 Å². The highest BCUT2D eigenvalue weighted by atomic mass is 32.2. The number of carboxylic acid groups (broad SMARTS) is 1. The lowest BCUT2D eigenvalue weighted by atomic mass is 10.3. The zero-order valence-electron chi connectivity index (χ0n) is 5.02. The van der Waals surface area contributed by atoms with Crippen LogP contribution in [0.25, 0.3) is 0 Å². The number of carbonyl (C=O) groups is 1. The molecule has 2 N–H and O–H groups in total. The predicted molar refractivity (Wildman–Crippen MR) is 32.9 cm³/mol. The minimum absolute atomic E-state index is 0.682. The molecule has 0 fully saturated rings. The van der Waals surface area contributed by atoms with E-state index in [-0.39, 0.29) is 0 Å². The van der Waals surface area contributed by atoms with Crippen LogP contribution in [0.4, 0.5) is 0 Å². The zero-order chi connectivity index (χ0) is 8.36. The second-order valence-corrected chi connectivity index (χ2v) is 3.43. The van der Waals surface area contributed by atoms with E-state index in [0.717, 1.165) is 0 Å². The summed E-state index contributed by atoms with van der Waals surface area (Å²) < 4.78 is 28.4. The topological polar surface area (TPSA) is 91.7 Å². The molecule has 0 aromatic heterocycles. The Labute approximate surface area is 58.4 Å². The summed E-state index contributed by atoms with van der Waals surface area (Å²) in [6.07, 6.45) is -0.682. The van der Waals surface area contributed by atoms with Crippen LogP contribution in [-0.2, 0) is 14.9 Å². The van der Waals surface area contributed by atoms with Gasteiger partial charge in [-0.2, -0.15) is 8.42 Å². The van der Waals surface area contributed by atoms with Crippen LogP contribution in [0.1, 0.15) is 6.42 Å². The van der Waals surface area contributed by atoms with E-state index >= 15 is 0 Å². The first kappa shape index (κ1) is 9.38. The van der Waals surface area contributed by atoms with E-state index in [2.05, 4.69) is 6.92 Å². The fourth-order valence-corrected chi connectivity index (χ4v) is 0.653. The van der Waals surface area contributed by atoms with E-state index in [4.69, 9.17) is 9.66 Å². The van der Waals surface area contributed by atoms with Crippen molar-refractivity contribution in [1.29, 1.82) is 0 Å². The van der Waals surface area contributed by atoms with Gasteiger partial charge in [-0.3, -0.25) is 9.35 Å². The average Bonchev–Trinajstić information content (AvgIpc) is 1.60. The Morgan fingerprint density at radius 3 is 2.10 bits per heavy atom. The van der Waals surface area contributed by atoms with Crippen molar-refractivity contribution in [2.45, 2.75) is 11.7 Å². The molecule has 0 aliphatic heterocycles. The standard InChI is InChI=1S/C4H7O5S/c1-3(2-4(5)6)10(7,8)9/h3H,1-2H2,(H,5,6)(H,7,8,9). The van der Waals surface area contributed by atoms with Gasteiger partial charge in [-0.15, -0.1) is 0 Å². The molecular formula is C4H7O5S. The number of carboxylic acids is 1. The van der Waals surface area contributed by atoms with Crippen molar-refractivity contribution in [2.75, 3.05) is 0 Å². The molecule has 1 unspecified atom stereocenters. The van der Waals surface area contributed by atoms with Gasteiger partial charge in [0, 0.05) is 0 Å². The van der Waals surface area contributed by atoms with Gasteiger partial charge in [-0.25, -0.2) is 0 Å². The summed E-state index contributed by atoms with van der Waals surface area (Å²) in [7, 11) is -4.29. The molecule has 0 saturated heterocycles. The molecule has 0 amide bonds. The quantitative estimate of drug-likeness (QED) is 0.555. The molecule has 6 heteroatoms. The molecule has 1 radical (unpaired) electrons. The summed E-state index contributed by atoms with van der Waals surface area (Å²) in [6.45, 7) is 2.93. The number of hydrogen-bond acceptors (Lipinski definition) is 3. The third-order valence-electron chi connectivity index (χ3n) is 0.824. The highest BCUT2D eigenvalue weighted by molar-refractivity contribution is 7.86. The maximum absolute atomic E-state index is 10.1. The highest BCUT2D eigenvalue weighted by Gasteiger charge is 2.19. The van der Waals surface area contributed by atoms with E-state index < -0.39 is 27.8 Å². The van der Waals surface area contributed by atoms with Crippen LogP contribution < -0.4 is 0 Å². The van der Waals surface area contributed by atoms with Gasteiger partial charge in [-0.05, 0) is 6.92 Å². The largest absolute Gasteiger partial charge is 0.481 e. The molecular weight excluding hydrogens is 160 g/mol. The van der Waals surface area contributed by atoms with Crippen LogP contribution in [0.5, 0.6) is 0 Å². The minimum atomic E-state index is -4.29. The molecule has 0 spiro atoms. The van der Waals surface area contributed by atoms with Crippen molar-refractivity contribution in [3.05, 3.63) is 6.92 Å². The van der Waals surface area contributed by atoms with Crippen LogP contribution in [0.2, 0.25) is 0 Å². The third kappa shape index (κ3) is 3.41. The molecule has 0 bridgehead atoms. The number of hydrogen-bond donors (Lipinski definition) is 2. The Morgan fingerprint density at radius 2 is 2.00 bits per heavy atom. The lowest BCUT2D eigenvalue weighted by molar-refractivity contribution is -0.136. The van der Waals surface area contributed by atoms with Gasteiger partial charge >= 0.3 is 5.97 Å². The van der Waals surface area contributed by atoms with E-state index in [0.29, 0.717) is 0 Å². The monoisotopic (exact) mass is 167 g/mol. The Morgan fingerprint density at radius 1 is 1.60 bits per heavy atom. The van der Waals surface area contributed by atoms with E-state index in [1.165, 1.54) is 0 Å². The molecule has 0 aromatic rings. The summed E-state index contributed by atoms with van der Waals surface area (Å²) in [4.78, 5) is 9.84. The molecule has 0 heterocycles. The summed E-state index contributed by atoms with van der Waals surface area (Å²) >= 11 is 0. The van der Waals surface area contributed by atoms with Crippen molar-refractivity contribution in [3.8, 4) is 0 Å². The second kappa shape index (κ2) is 2.98. The van der Waals surface area contributed by atoms with Crippen molar-refractivity contribution in [3.63, 3.8) is 0 Å². The van der Waals surface area contributed by atoms with E-state index in [1.54, 1.807) is 0 Å². The highest BCUT2D eigenvalue weighted by Crippen LogP contribution is 2.01. The number of rotatable bonds is 3.